The van der Waals surface area contributed by atoms with Crippen LogP contribution in [0.15, 0.2) is 30.3 Å². The summed E-state index contributed by atoms with van der Waals surface area (Å²) in [6.45, 7) is 0. The molecular formula is C19H19F2NO5. The maximum atomic E-state index is 13.2. The van der Waals surface area contributed by atoms with Crippen molar-refractivity contribution in [2.45, 2.75) is 19.3 Å². The minimum absolute atomic E-state index is 0.0651. The van der Waals surface area contributed by atoms with Crippen molar-refractivity contribution in [3.8, 4) is 11.5 Å². The van der Waals surface area contributed by atoms with Gasteiger partial charge >= 0.3 is 5.97 Å². The van der Waals surface area contributed by atoms with Crippen LogP contribution in [0.25, 0.3) is 0 Å². The van der Waals surface area contributed by atoms with Gasteiger partial charge in [-0.1, -0.05) is 6.07 Å². The number of methoxy groups -OCH3 is 2. The first-order chi connectivity index (χ1) is 12.8. The molecule has 144 valence electrons. The second-order valence-corrected chi connectivity index (χ2v) is 5.71. The van der Waals surface area contributed by atoms with Gasteiger partial charge in [0, 0.05) is 6.42 Å². The number of rotatable bonds is 8. The van der Waals surface area contributed by atoms with Crippen LogP contribution < -0.4 is 14.8 Å². The van der Waals surface area contributed by atoms with Crippen LogP contribution in [0, 0.1) is 11.6 Å². The smallest absolute Gasteiger partial charge is 0.335 e. The van der Waals surface area contributed by atoms with Gasteiger partial charge in [0.15, 0.2) is 23.1 Å². The summed E-state index contributed by atoms with van der Waals surface area (Å²) in [5, 5.41) is 11.8. The van der Waals surface area contributed by atoms with E-state index in [1.807, 2.05) is 0 Å². The third-order valence-corrected chi connectivity index (χ3v) is 3.85. The molecule has 6 nitrogen and oxygen atoms in total. The summed E-state index contributed by atoms with van der Waals surface area (Å²) in [6, 6.07) is 6.16. The first kappa shape index (κ1) is 20.2. The number of carboxylic acids is 1. The zero-order chi connectivity index (χ0) is 20.0. The van der Waals surface area contributed by atoms with Crippen LogP contribution >= 0.6 is 0 Å². The highest BCUT2D eigenvalue weighted by atomic mass is 19.2. The number of benzene rings is 2. The zero-order valence-corrected chi connectivity index (χ0v) is 14.8. The predicted octanol–water partition coefficient (Wildman–Crippen LogP) is 3.64. The van der Waals surface area contributed by atoms with E-state index in [-0.39, 0.29) is 35.1 Å². The molecule has 0 aromatic heterocycles. The summed E-state index contributed by atoms with van der Waals surface area (Å²) in [7, 11) is 2.73. The molecule has 2 aromatic rings. The number of amides is 1. The Morgan fingerprint density at radius 1 is 1.07 bits per heavy atom. The highest BCUT2D eigenvalue weighted by molar-refractivity contribution is 5.96. The van der Waals surface area contributed by atoms with Gasteiger partial charge in [0.25, 0.3) is 0 Å². The third-order valence-electron chi connectivity index (χ3n) is 3.85. The van der Waals surface area contributed by atoms with Crippen molar-refractivity contribution in [1.29, 1.82) is 0 Å². The third kappa shape index (κ3) is 5.16. The molecule has 0 aliphatic carbocycles. The number of aromatic carboxylic acids is 1. The summed E-state index contributed by atoms with van der Waals surface area (Å²) >= 11 is 0. The van der Waals surface area contributed by atoms with Gasteiger partial charge in [0.05, 0.1) is 25.5 Å². The number of ether oxygens (including phenoxy) is 2. The van der Waals surface area contributed by atoms with Crippen LogP contribution in [0.2, 0.25) is 0 Å². The van der Waals surface area contributed by atoms with Crippen molar-refractivity contribution < 1.29 is 33.0 Å². The van der Waals surface area contributed by atoms with Gasteiger partial charge < -0.3 is 19.9 Å². The van der Waals surface area contributed by atoms with Crippen molar-refractivity contribution >= 4 is 17.6 Å². The number of carbonyl (C=O) groups excluding carboxylic acids is 1. The second kappa shape index (κ2) is 8.98. The fraction of sp³-hybridized carbons (Fsp3) is 0.263. The van der Waals surface area contributed by atoms with Crippen molar-refractivity contribution in [2.75, 3.05) is 19.5 Å². The Morgan fingerprint density at radius 3 is 2.41 bits per heavy atom. The Kier molecular flexibility index (Phi) is 6.70. The van der Waals surface area contributed by atoms with Gasteiger partial charge in [-0.05, 0) is 42.7 Å². The topological polar surface area (TPSA) is 84.9 Å². The standard InChI is InChI=1S/C19H19F2NO5/c1-26-16-10-12(19(24)25)9-15(18(16)27-2)22-17(23)5-3-4-11-6-7-13(20)14(21)8-11/h6-10H,3-5H2,1-2H3,(H,22,23)(H,24,25). The monoisotopic (exact) mass is 379 g/mol. The summed E-state index contributed by atoms with van der Waals surface area (Å²) in [5.74, 6) is -3.02. The minimum Gasteiger partial charge on any atom is -0.493 e. The SMILES string of the molecule is COc1cc(C(=O)O)cc(NC(=O)CCCc2ccc(F)c(F)c2)c1OC. The zero-order valence-electron chi connectivity index (χ0n) is 14.8. The fourth-order valence-electron chi connectivity index (χ4n) is 2.54. The first-order valence-corrected chi connectivity index (χ1v) is 8.08. The average Bonchev–Trinajstić information content (AvgIpc) is 2.63. The molecule has 0 aliphatic rings. The lowest BCUT2D eigenvalue weighted by Gasteiger charge is -2.14. The summed E-state index contributed by atoms with van der Waals surface area (Å²) in [6.07, 6.45) is 0.886. The van der Waals surface area contributed by atoms with Crippen LogP contribution in [-0.4, -0.2) is 31.2 Å². The lowest BCUT2D eigenvalue weighted by atomic mass is 10.1. The molecule has 27 heavy (non-hydrogen) atoms. The van der Waals surface area contributed by atoms with E-state index in [4.69, 9.17) is 14.6 Å². The Morgan fingerprint density at radius 2 is 1.81 bits per heavy atom. The molecule has 2 rings (SSSR count). The average molecular weight is 379 g/mol. The molecule has 2 aromatic carbocycles. The number of carbonyl (C=O) groups is 2. The summed E-state index contributed by atoms with van der Waals surface area (Å²) in [5.41, 5.74) is 0.686. The Bertz CT molecular complexity index is 854. The predicted molar refractivity (Wildman–Crippen MR) is 94.4 cm³/mol. The summed E-state index contributed by atoms with van der Waals surface area (Å²) in [4.78, 5) is 23.4. The Labute approximate surface area is 154 Å². The van der Waals surface area contributed by atoms with E-state index in [1.54, 1.807) is 0 Å². The number of hydrogen-bond acceptors (Lipinski definition) is 4. The van der Waals surface area contributed by atoms with Gasteiger partial charge in [-0.3, -0.25) is 4.79 Å². The largest absolute Gasteiger partial charge is 0.493 e. The first-order valence-electron chi connectivity index (χ1n) is 8.08. The molecule has 0 unspecified atom stereocenters. The Balaban J connectivity index is 2.04. The number of aryl methyl sites for hydroxylation is 1. The van der Waals surface area contributed by atoms with Crippen LogP contribution in [-0.2, 0) is 11.2 Å². The molecule has 1 amide bonds. The minimum atomic E-state index is -1.18. The van der Waals surface area contributed by atoms with Crippen LogP contribution in [0.1, 0.15) is 28.8 Å². The van der Waals surface area contributed by atoms with Crippen LogP contribution in [0.3, 0.4) is 0 Å². The van der Waals surface area contributed by atoms with Gasteiger partial charge in [-0.2, -0.15) is 0 Å². The van der Waals surface area contributed by atoms with Gasteiger partial charge in [0.2, 0.25) is 5.91 Å². The van der Waals surface area contributed by atoms with E-state index in [0.29, 0.717) is 18.4 Å². The molecule has 0 saturated heterocycles. The van der Waals surface area contributed by atoms with E-state index in [1.165, 1.54) is 32.4 Å². The highest BCUT2D eigenvalue weighted by Crippen LogP contribution is 2.36. The lowest BCUT2D eigenvalue weighted by Crippen LogP contribution is -2.13. The molecule has 0 aliphatic heterocycles. The second-order valence-electron chi connectivity index (χ2n) is 5.71. The number of carboxylic acid groups (broad SMARTS) is 1. The van der Waals surface area contributed by atoms with E-state index < -0.39 is 17.6 Å². The van der Waals surface area contributed by atoms with Crippen molar-refractivity contribution in [1.82, 2.24) is 0 Å². The van der Waals surface area contributed by atoms with Crippen LogP contribution in [0.4, 0.5) is 14.5 Å². The molecule has 0 saturated carbocycles. The van der Waals surface area contributed by atoms with Crippen LogP contribution in [0.5, 0.6) is 11.5 Å². The van der Waals surface area contributed by atoms with Gasteiger partial charge in [0.1, 0.15) is 0 Å². The van der Waals surface area contributed by atoms with Gasteiger partial charge in [-0.25, -0.2) is 13.6 Å². The molecule has 0 fully saturated rings. The fourth-order valence-corrected chi connectivity index (χ4v) is 2.54. The molecule has 8 heteroatoms. The van der Waals surface area contributed by atoms with E-state index in [9.17, 15) is 18.4 Å². The number of halogens is 2. The number of anilines is 1. The molecule has 0 bridgehead atoms. The number of nitrogens with one attached hydrogen (secondary N) is 1. The van der Waals surface area contributed by atoms with E-state index in [2.05, 4.69) is 5.32 Å². The molecule has 0 atom stereocenters. The van der Waals surface area contributed by atoms with Crippen molar-refractivity contribution in [2.24, 2.45) is 0 Å². The maximum absolute atomic E-state index is 13.2. The number of hydrogen-bond donors (Lipinski definition) is 2. The molecular weight excluding hydrogens is 360 g/mol. The maximum Gasteiger partial charge on any atom is 0.335 e. The van der Waals surface area contributed by atoms with Crippen molar-refractivity contribution in [3.63, 3.8) is 0 Å². The molecule has 0 spiro atoms. The normalized spacial score (nSPS) is 10.4. The molecule has 0 heterocycles. The summed E-state index contributed by atoms with van der Waals surface area (Å²) < 4.78 is 36.4. The van der Waals surface area contributed by atoms with Gasteiger partial charge in [-0.15, -0.1) is 0 Å². The molecule has 0 radical (unpaired) electrons. The van der Waals surface area contributed by atoms with E-state index in [0.717, 1.165) is 12.1 Å². The quantitative estimate of drug-likeness (QED) is 0.732. The van der Waals surface area contributed by atoms with E-state index >= 15 is 0 Å². The van der Waals surface area contributed by atoms with Crippen molar-refractivity contribution in [3.05, 3.63) is 53.1 Å². The highest BCUT2D eigenvalue weighted by Gasteiger charge is 2.17. The Hall–Kier alpha value is -3.16. The lowest BCUT2D eigenvalue weighted by molar-refractivity contribution is -0.116. The molecule has 2 N–H and O–H groups in total.